The summed E-state index contributed by atoms with van der Waals surface area (Å²) in [6.45, 7) is 5.03. The standard InChI is InChI=1S/C13H18BrNO3/c1-8(2)12(16)7-15-6-10-4-3-9(13(17)18)5-11(10)14/h3-5,8,12,15-16H,6-7H2,1-2H3,(H,17,18)/t12-/m0/s1. The van der Waals surface area contributed by atoms with Crippen LogP contribution in [0.15, 0.2) is 22.7 Å². The lowest BCUT2D eigenvalue weighted by Crippen LogP contribution is -2.30. The Labute approximate surface area is 115 Å². The number of carboxylic acids is 1. The van der Waals surface area contributed by atoms with Gasteiger partial charge in [0.05, 0.1) is 11.7 Å². The number of aliphatic hydroxyl groups is 1. The van der Waals surface area contributed by atoms with E-state index in [0.29, 0.717) is 13.1 Å². The van der Waals surface area contributed by atoms with Crippen molar-refractivity contribution in [2.75, 3.05) is 6.54 Å². The molecule has 0 aliphatic carbocycles. The normalized spacial score (nSPS) is 12.7. The highest BCUT2D eigenvalue weighted by molar-refractivity contribution is 9.10. The van der Waals surface area contributed by atoms with Crippen LogP contribution in [0.2, 0.25) is 0 Å². The van der Waals surface area contributed by atoms with E-state index in [1.54, 1.807) is 18.2 Å². The molecule has 0 unspecified atom stereocenters. The zero-order chi connectivity index (χ0) is 13.7. The maximum absolute atomic E-state index is 10.8. The second-order valence-corrected chi connectivity index (χ2v) is 5.41. The average molecular weight is 316 g/mol. The second-order valence-electron chi connectivity index (χ2n) is 4.55. The van der Waals surface area contributed by atoms with Crippen LogP contribution in [0, 0.1) is 5.92 Å². The zero-order valence-corrected chi connectivity index (χ0v) is 12.1. The molecule has 1 atom stereocenters. The number of benzene rings is 1. The molecule has 0 bridgehead atoms. The molecule has 4 nitrogen and oxygen atoms in total. The molecule has 1 aromatic carbocycles. The van der Waals surface area contributed by atoms with E-state index in [0.717, 1.165) is 10.0 Å². The number of rotatable bonds is 6. The summed E-state index contributed by atoms with van der Waals surface area (Å²) in [6.07, 6.45) is -0.373. The molecule has 3 N–H and O–H groups in total. The topological polar surface area (TPSA) is 69.6 Å². The Morgan fingerprint density at radius 2 is 2.11 bits per heavy atom. The predicted molar refractivity (Wildman–Crippen MR) is 73.7 cm³/mol. The number of aromatic carboxylic acids is 1. The molecule has 100 valence electrons. The van der Waals surface area contributed by atoms with Gasteiger partial charge in [0, 0.05) is 17.6 Å². The average Bonchev–Trinajstić information content (AvgIpc) is 2.30. The number of hydrogen-bond donors (Lipinski definition) is 3. The first-order valence-electron chi connectivity index (χ1n) is 5.82. The van der Waals surface area contributed by atoms with Gasteiger partial charge in [-0.3, -0.25) is 0 Å². The smallest absolute Gasteiger partial charge is 0.335 e. The maximum atomic E-state index is 10.8. The largest absolute Gasteiger partial charge is 0.478 e. The van der Waals surface area contributed by atoms with Gasteiger partial charge >= 0.3 is 5.97 Å². The van der Waals surface area contributed by atoms with Crippen molar-refractivity contribution in [3.8, 4) is 0 Å². The second kappa shape index (κ2) is 6.87. The highest BCUT2D eigenvalue weighted by atomic mass is 79.9. The first kappa shape index (κ1) is 15.1. The third-order valence-electron chi connectivity index (χ3n) is 2.74. The van der Waals surface area contributed by atoms with Gasteiger partial charge in [-0.2, -0.15) is 0 Å². The quantitative estimate of drug-likeness (QED) is 0.753. The molecule has 1 aromatic rings. The van der Waals surface area contributed by atoms with Crippen LogP contribution in [0.5, 0.6) is 0 Å². The van der Waals surface area contributed by atoms with Crippen molar-refractivity contribution in [3.05, 3.63) is 33.8 Å². The van der Waals surface area contributed by atoms with Crippen LogP contribution < -0.4 is 5.32 Å². The van der Waals surface area contributed by atoms with Crippen LogP contribution in [0.25, 0.3) is 0 Å². The fraction of sp³-hybridized carbons (Fsp3) is 0.462. The molecule has 0 amide bonds. The summed E-state index contributed by atoms with van der Waals surface area (Å²) in [4.78, 5) is 10.8. The van der Waals surface area contributed by atoms with Crippen LogP contribution in [-0.4, -0.2) is 28.8 Å². The van der Waals surface area contributed by atoms with E-state index in [4.69, 9.17) is 5.11 Å². The van der Waals surface area contributed by atoms with Gasteiger partial charge in [0.2, 0.25) is 0 Å². The molecule has 0 fully saturated rings. The van der Waals surface area contributed by atoms with Crippen LogP contribution in [0.1, 0.15) is 29.8 Å². The summed E-state index contributed by atoms with van der Waals surface area (Å²) < 4.78 is 0.758. The lowest BCUT2D eigenvalue weighted by atomic mass is 10.1. The fourth-order valence-corrected chi connectivity index (χ4v) is 1.93. The zero-order valence-electron chi connectivity index (χ0n) is 10.5. The minimum Gasteiger partial charge on any atom is -0.478 e. The van der Waals surface area contributed by atoms with E-state index in [-0.39, 0.29) is 17.6 Å². The molecule has 0 radical (unpaired) electrons. The number of halogens is 1. The Morgan fingerprint density at radius 3 is 2.61 bits per heavy atom. The molecular weight excluding hydrogens is 298 g/mol. The van der Waals surface area contributed by atoms with E-state index in [9.17, 15) is 9.90 Å². The first-order chi connectivity index (χ1) is 8.41. The van der Waals surface area contributed by atoms with Crippen LogP contribution in [-0.2, 0) is 6.54 Å². The van der Waals surface area contributed by atoms with Gasteiger partial charge in [-0.05, 0) is 23.6 Å². The summed E-state index contributed by atoms with van der Waals surface area (Å²) in [5, 5.41) is 21.6. The number of hydrogen-bond acceptors (Lipinski definition) is 3. The van der Waals surface area contributed by atoms with Crippen LogP contribution in [0.3, 0.4) is 0 Å². The molecule has 0 aromatic heterocycles. The van der Waals surface area contributed by atoms with Gasteiger partial charge in [0.1, 0.15) is 0 Å². The highest BCUT2D eigenvalue weighted by Crippen LogP contribution is 2.18. The van der Waals surface area contributed by atoms with Crippen LogP contribution >= 0.6 is 15.9 Å². The molecule has 0 aliphatic rings. The maximum Gasteiger partial charge on any atom is 0.335 e. The number of carboxylic acid groups (broad SMARTS) is 1. The molecule has 0 spiro atoms. The SMILES string of the molecule is CC(C)[C@@H](O)CNCc1ccc(C(=O)O)cc1Br. The summed E-state index contributed by atoms with van der Waals surface area (Å²) in [5.41, 5.74) is 1.23. The van der Waals surface area contributed by atoms with Gasteiger partial charge in [0.25, 0.3) is 0 Å². The Bertz CT molecular complexity index is 421. The summed E-state index contributed by atoms with van der Waals surface area (Å²) >= 11 is 3.35. The number of carbonyl (C=O) groups is 1. The Hall–Kier alpha value is -0.910. The molecule has 18 heavy (non-hydrogen) atoms. The van der Waals surface area contributed by atoms with Gasteiger partial charge in [-0.25, -0.2) is 4.79 Å². The van der Waals surface area contributed by atoms with Gasteiger partial charge in [-0.15, -0.1) is 0 Å². The van der Waals surface area contributed by atoms with Crippen molar-refractivity contribution in [1.82, 2.24) is 5.32 Å². The highest BCUT2D eigenvalue weighted by Gasteiger charge is 2.09. The monoisotopic (exact) mass is 315 g/mol. The van der Waals surface area contributed by atoms with Crippen molar-refractivity contribution in [1.29, 1.82) is 0 Å². The third-order valence-corrected chi connectivity index (χ3v) is 3.48. The van der Waals surface area contributed by atoms with Crippen molar-refractivity contribution in [2.45, 2.75) is 26.5 Å². The van der Waals surface area contributed by atoms with Gasteiger partial charge < -0.3 is 15.5 Å². The minimum atomic E-state index is -0.939. The van der Waals surface area contributed by atoms with Gasteiger partial charge in [-0.1, -0.05) is 35.8 Å². The summed E-state index contributed by atoms with van der Waals surface area (Å²) in [7, 11) is 0. The van der Waals surface area contributed by atoms with Gasteiger partial charge in [0.15, 0.2) is 0 Å². The van der Waals surface area contributed by atoms with Crippen molar-refractivity contribution in [2.24, 2.45) is 5.92 Å². The minimum absolute atomic E-state index is 0.218. The lowest BCUT2D eigenvalue weighted by Gasteiger charge is -2.15. The van der Waals surface area contributed by atoms with Crippen molar-refractivity contribution >= 4 is 21.9 Å². The Morgan fingerprint density at radius 1 is 1.44 bits per heavy atom. The number of nitrogens with one attached hydrogen (secondary N) is 1. The molecule has 1 rings (SSSR count). The van der Waals surface area contributed by atoms with E-state index in [1.807, 2.05) is 13.8 Å². The predicted octanol–water partition coefficient (Wildman–Crippen LogP) is 2.25. The molecular formula is C13H18BrNO3. The van der Waals surface area contributed by atoms with Crippen molar-refractivity contribution in [3.63, 3.8) is 0 Å². The van der Waals surface area contributed by atoms with Crippen LogP contribution in [0.4, 0.5) is 0 Å². The number of aliphatic hydroxyl groups excluding tert-OH is 1. The lowest BCUT2D eigenvalue weighted by molar-refractivity contribution is 0.0697. The molecule has 5 heteroatoms. The summed E-state index contributed by atoms with van der Waals surface area (Å²) in [5.74, 6) is -0.722. The van der Waals surface area contributed by atoms with E-state index >= 15 is 0 Å². The molecule has 0 aliphatic heterocycles. The Balaban J connectivity index is 2.56. The Kier molecular flexibility index (Phi) is 5.78. The summed E-state index contributed by atoms with van der Waals surface area (Å²) in [6, 6.07) is 4.92. The fourth-order valence-electron chi connectivity index (χ4n) is 1.41. The van der Waals surface area contributed by atoms with E-state index in [1.165, 1.54) is 0 Å². The molecule has 0 saturated carbocycles. The van der Waals surface area contributed by atoms with Crippen molar-refractivity contribution < 1.29 is 15.0 Å². The third kappa shape index (κ3) is 4.40. The van der Waals surface area contributed by atoms with E-state index < -0.39 is 5.97 Å². The first-order valence-corrected chi connectivity index (χ1v) is 6.61. The molecule has 0 saturated heterocycles. The van der Waals surface area contributed by atoms with E-state index in [2.05, 4.69) is 21.2 Å². The molecule has 0 heterocycles.